The molecule has 1 unspecified atom stereocenters. The van der Waals surface area contributed by atoms with E-state index in [1.165, 1.54) is 0 Å². The molecule has 1 aliphatic rings. The van der Waals surface area contributed by atoms with Crippen LogP contribution in [0.3, 0.4) is 0 Å². The standard InChI is InChI=1S/C6H11NO3S.C5H12O/c1-10-4-6(2-3-6)11(9)7-5-8;1-5(2,3)6-4/h5H,2-4H2,1H3,(H,7,8);1-4H3. The number of carbonyl (C=O) groups excluding carboxylic acids is 1. The molecule has 1 saturated carbocycles. The van der Waals surface area contributed by atoms with Gasteiger partial charge < -0.3 is 9.47 Å². The van der Waals surface area contributed by atoms with Gasteiger partial charge in [0.25, 0.3) is 0 Å². The van der Waals surface area contributed by atoms with Crippen molar-refractivity contribution in [2.45, 2.75) is 44.0 Å². The monoisotopic (exact) mass is 265 g/mol. The Bertz CT molecular complexity index is 259. The SMILES string of the molecule is COC(C)(C)C.COCC1(S(=O)NC=O)CC1. The number of hydrogen-bond donors (Lipinski definition) is 1. The highest BCUT2D eigenvalue weighted by Crippen LogP contribution is 2.40. The van der Waals surface area contributed by atoms with E-state index in [0.717, 1.165) is 12.8 Å². The van der Waals surface area contributed by atoms with Crippen molar-refractivity contribution in [1.82, 2.24) is 4.72 Å². The quantitative estimate of drug-likeness (QED) is 0.753. The van der Waals surface area contributed by atoms with Crippen molar-refractivity contribution in [3.05, 3.63) is 0 Å². The Hall–Kier alpha value is -0.460. The molecule has 5 nitrogen and oxygen atoms in total. The van der Waals surface area contributed by atoms with Gasteiger partial charge in [0.2, 0.25) is 6.41 Å². The summed E-state index contributed by atoms with van der Waals surface area (Å²) in [5.74, 6) is 0. The normalized spacial score (nSPS) is 18.6. The van der Waals surface area contributed by atoms with Gasteiger partial charge in [0, 0.05) is 14.2 Å². The summed E-state index contributed by atoms with van der Waals surface area (Å²) in [7, 11) is 2.01. The highest BCUT2D eigenvalue weighted by atomic mass is 32.2. The lowest BCUT2D eigenvalue weighted by Gasteiger charge is -2.14. The van der Waals surface area contributed by atoms with Gasteiger partial charge in [-0.05, 0) is 33.6 Å². The second-order valence-corrected chi connectivity index (χ2v) is 6.58. The minimum Gasteiger partial charge on any atom is -0.383 e. The van der Waals surface area contributed by atoms with Crippen molar-refractivity contribution in [3.63, 3.8) is 0 Å². The molecule has 102 valence electrons. The molecule has 0 aromatic rings. The third-order valence-electron chi connectivity index (χ3n) is 2.38. The van der Waals surface area contributed by atoms with Crippen LogP contribution in [0.1, 0.15) is 33.6 Å². The van der Waals surface area contributed by atoms with Crippen LogP contribution in [0.5, 0.6) is 0 Å². The van der Waals surface area contributed by atoms with Gasteiger partial charge in [0.1, 0.15) is 11.0 Å². The first kappa shape index (κ1) is 16.5. The fraction of sp³-hybridized carbons (Fsp3) is 0.909. The van der Waals surface area contributed by atoms with Crippen LogP contribution >= 0.6 is 0 Å². The number of ether oxygens (including phenoxy) is 2. The van der Waals surface area contributed by atoms with E-state index in [9.17, 15) is 9.00 Å². The van der Waals surface area contributed by atoms with Gasteiger partial charge in [0.15, 0.2) is 0 Å². The number of methoxy groups -OCH3 is 2. The third kappa shape index (κ3) is 6.75. The van der Waals surface area contributed by atoms with Gasteiger partial charge in [0.05, 0.1) is 17.0 Å². The Balaban J connectivity index is 0.000000366. The smallest absolute Gasteiger partial charge is 0.218 e. The summed E-state index contributed by atoms with van der Waals surface area (Å²) in [6.45, 7) is 6.52. The van der Waals surface area contributed by atoms with E-state index in [2.05, 4.69) is 4.72 Å². The Morgan fingerprint density at radius 3 is 2.06 bits per heavy atom. The second-order valence-electron chi connectivity index (χ2n) is 4.94. The van der Waals surface area contributed by atoms with E-state index in [0.29, 0.717) is 13.0 Å². The minimum absolute atomic E-state index is 0.0417. The van der Waals surface area contributed by atoms with Crippen molar-refractivity contribution in [2.24, 2.45) is 0 Å². The number of hydrogen-bond acceptors (Lipinski definition) is 4. The Morgan fingerprint density at radius 2 is 1.82 bits per heavy atom. The molecule has 0 bridgehead atoms. The molecule has 1 rings (SSSR count). The zero-order chi connectivity index (χ0) is 13.5. The maximum atomic E-state index is 11.2. The molecule has 0 aromatic carbocycles. The van der Waals surface area contributed by atoms with Crippen LogP contribution in [0.4, 0.5) is 0 Å². The summed E-state index contributed by atoms with van der Waals surface area (Å²) in [5, 5.41) is 0. The zero-order valence-electron chi connectivity index (χ0n) is 11.2. The summed E-state index contributed by atoms with van der Waals surface area (Å²) in [5.41, 5.74) is 0.0417. The third-order valence-corrected chi connectivity index (χ3v) is 4.00. The van der Waals surface area contributed by atoms with Crippen LogP contribution in [0.25, 0.3) is 0 Å². The molecule has 1 fully saturated rings. The minimum atomic E-state index is -1.26. The average molecular weight is 265 g/mol. The average Bonchev–Trinajstić information content (AvgIpc) is 3.00. The molecular weight excluding hydrogens is 242 g/mol. The summed E-state index contributed by atoms with van der Waals surface area (Å²) in [6, 6.07) is 0. The summed E-state index contributed by atoms with van der Waals surface area (Å²) in [4.78, 5) is 9.95. The van der Waals surface area contributed by atoms with Crippen LogP contribution < -0.4 is 4.72 Å². The molecule has 1 N–H and O–H groups in total. The number of nitrogens with one attached hydrogen (secondary N) is 1. The van der Waals surface area contributed by atoms with Gasteiger partial charge >= 0.3 is 0 Å². The van der Waals surface area contributed by atoms with Gasteiger partial charge in [-0.3, -0.25) is 9.52 Å². The first-order valence-corrected chi connectivity index (χ1v) is 6.62. The van der Waals surface area contributed by atoms with E-state index >= 15 is 0 Å². The lowest BCUT2D eigenvalue weighted by Crippen LogP contribution is -2.32. The molecule has 0 heterocycles. The molecule has 1 aliphatic carbocycles. The van der Waals surface area contributed by atoms with Gasteiger partial charge in [-0.1, -0.05) is 0 Å². The van der Waals surface area contributed by atoms with Crippen molar-refractivity contribution < 1.29 is 18.5 Å². The van der Waals surface area contributed by atoms with Crippen molar-refractivity contribution in [3.8, 4) is 0 Å². The number of rotatable bonds is 5. The second kappa shape index (κ2) is 7.08. The van der Waals surface area contributed by atoms with E-state index in [-0.39, 0.29) is 10.3 Å². The molecule has 6 heteroatoms. The van der Waals surface area contributed by atoms with Gasteiger partial charge in [-0.15, -0.1) is 0 Å². The van der Waals surface area contributed by atoms with Crippen LogP contribution in [0.15, 0.2) is 0 Å². The number of amides is 1. The Morgan fingerprint density at radius 1 is 1.35 bits per heavy atom. The van der Waals surface area contributed by atoms with E-state index in [4.69, 9.17) is 9.47 Å². The Kier molecular flexibility index (Phi) is 6.89. The number of carbonyl (C=O) groups is 1. The molecule has 1 amide bonds. The van der Waals surface area contributed by atoms with Crippen LogP contribution in [0.2, 0.25) is 0 Å². The predicted molar refractivity (Wildman–Crippen MR) is 67.9 cm³/mol. The lowest BCUT2D eigenvalue weighted by atomic mass is 10.2. The largest absolute Gasteiger partial charge is 0.383 e. The van der Waals surface area contributed by atoms with Crippen molar-refractivity contribution >= 4 is 17.4 Å². The van der Waals surface area contributed by atoms with Crippen molar-refractivity contribution in [2.75, 3.05) is 20.8 Å². The molecule has 0 radical (unpaired) electrons. The summed E-state index contributed by atoms with van der Waals surface area (Å²) < 4.78 is 23.0. The summed E-state index contributed by atoms with van der Waals surface area (Å²) in [6.07, 6.45) is 2.20. The van der Waals surface area contributed by atoms with Gasteiger partial charge in [-0.2, -0.15) is 0 Å². The first-order chi connectivity index (χ1) is 7.81. The topological polar surface area (TPSA) is 64.6 Å². The molecule has 1 atom stereocenters. The zero-order valence-corrected chi connectivity index (χ0v) is 12.1. The predicted octanol–water partition coefficient (Wildman–Crippen LogP) is 1.01. The molecule has 0 spiro atoms. The van der Waals surface area contributed by atoms with Crippen LogP contribution in [-0.4, -0.2) is 41.8 Å². The first-order valence-electron chi connectivity index (χ1n) is 5.47. The lowest BCUT2D eigenvalue weighted by molar-refractivity contribution is -0.108. The molecular formula is C11H23NO4S. The van der Waals surface area contributed by atoms with Crippen LogP contribution in [-0.2, 0) is 25.3 Å². The maximum absolute atomic E-state index is 11.2. The summed E-state index contributed by atoms with van der Waals surface area (Å²) >= 11 is 0. The Labute approximate surface area is 106 Å². The maximum Gasteiger partial charge on any atom is 0.218 e. The molecule has 17 heavy (non-hydrogen) atoms. The fourth-order valence-electron chi connectivity index (χ4n) is 0.954. The molecule has 0 aromatic heterocycles. The van der Waals surface area contributed by atoms with E-state index in [1.807, 2.05) is 20.8 Å². The van der Waals surface area contributed by atoms with E-state index in [1.54, 1.807) is 14.2 Å². The van der Waals surface area contributed by atoms with E-state index < -0.39 is 11.0 Å². The molecule has 0 saturated heterocycles. The van der Waals surface area contributed by atoms with Crippen LogP contribution in [0, 0.1) is 0 Å². The highest BCUT2D eigenvalue weighted by Gasteiger charge is 2.49. The molecule has 0 aliphatic heterocycles. The fourth-order valence-corrected chi connectivity index (χ4v) is 1.99. The van der Waals surface area contributed by atoms with Crippen molar-refractivity contribution in [1.29, 1.82) is 0 Å². The van der Waals surface area contributed by atoms with Gasteiger partial charge in [-0.25, -0.2) is 4.21 Å². The highest BCUT2D eigenvalue weighted by molar-refractivity contribution is 7.85.